The van der Waals surface area contributed by atoms with Crippen LogP contribution in [0.3, 0.4) is 0 Å². The van der Waals surface area contributed by atoms with Gasteiger partial charge in [-0.2, -0.15) is 0 Å². The van der Waals surface area contributed by atoms with Gasteiger partial charge >= 0.3 is 0 Å². The van der Waals surface area contributed by atoms with Crippen LogP contribution in [0.15, 0.2) is 134 Å². The number of carbonyl (C=O) groups is 4. The molecule has 2 saturated carbocycles. The second-order valence-electron chi connectivity index (χ2n) is 19.2. The molecular formula is C58H60N4O4. The van der Waals surface area contributed by atoms with Crippen LogP contribution in [0.1, 0.15) is 130 Å². The monoisotopic (exact) mass is 876 g/mol. The maximum absolute atomic E-state index is 13.1. The molecule has 0 bridgehead atoms. The molecule has 2 N–H and O–H groups in total. The highest BCUT2D eigenvalue weighted by atomic mass is 16.2. The maximum atomic E-state index is 13.1. The van der Waals surface area contributed by atoms with Gasteiger partial charge in [-0.3, -0.25) is 29.1 Å². The number of aromatic nitrogens is 2. The van der Waals surface area contributed by atoms with Gasteiger partial charge in [0.25, 0.3) is 11.8 Å². The zero-order chi connectivity index (χ0) is 45.7. The number of ketones is 2. The largest absolute Gasteiger partial charge is 0.320 e. The number of nitrogens with one attached hydrogen (secondary N) is 2. The van der Waals surface area contributed by atoms with Crippen LogP contribution in [0.25, 0.3) is 0 Å². The molecule has 0 unspecified atom stereocenters. The van der Waals surface area contributed by atoms with Crippen LogP contribution in [0.4, 0.5) is 11.4 Å². The van der Waals surface area contributed by atoms with Gasteiger partial charge in [0.2, 0.25) is 0 Å². The van der Waals surface area contributed by atoms with Gasteiger partial charge in [-0.15, -0.1) is 0 Å². The molecule has 4 aliphatic rings. The Balaban J connectivity index is 0.000000166. The minimum atomic E-state index is -0.106. The van der Waals surface area contributed by atoms with Gasteiger partial charge in [0.15, 0.2) is 0 Å². The van der Waals surface area contributed by atoms with Gasteiger partial charge in [-0.25, -0.2) is 0 Å². The molecule has 4 aliphatic carbocycles. The highest BCUT2D eigenvalue weighted by Crippen LogP contribution is 2.52. The zero-order valence-corrected chi connectivity index (χ0v) is 38.3. The van der Waals surface area contributed by atoms with Crippen LogP contribution in [0, 0.1) is 25.7 Å². The van der Waals surface area contributed by atoms with E-state index in [2.05, 4.69) is 106 Å². The predicted octanol–water partition coefficient (Wildman–Crippen LogP) is 11.7. The molecule has 4 aromatic carbocycles. The molecule has 2 aromatic heterocycles. The number of pyridine rings is 2. The number of amides is 2. The van der Waals surface area contributed by atoms with E-state index in [1.165, 1.54) is 33.4 Å². The van der Waals surface area contributed by atoms with Crippen molar-refractivity contribution in [1.82, 2.24) is 9.97 Å². The number of fused-ring (bicyclic) bond motifs is 6. The van der Waals surface area contributed by atoms with E-state index in [0.717, 1.165) is 87.0 Å². The molecule has 8 nitrogen and oxygen atoms in total. The Labute approximate surface area is 389 Å². The third-order valence-corrected chi connectivity index (χ3v) is 15.3. The fourth-order valence-corrected chi connectivity index (χ4v) is 11.9. The van der Waals surface area contributed by atoms with Gasteiger partial charge in [0.05, 0.1) is 22.8 Å². The van der Waals surface area contributed by atoms with Crippen LogP contribution >= 0.6 is 0 Å². The summed E-state index contributed by atoms with van der Waals surface area (Å²) in [6, 6.07) is 41.2. The summed E-state index contributed by atoms with van der Waals surface area (Å²) < 4.78 is 0. The molecule has 6 aromatic rings. The summed E-state index contributed by atoms with van der Waals surface area (Å²) in [7, 11) is 0. The third-order valence-electron chi connectivity index (χ3n) is 15.3. The summed E-state index contributed by atoms with van der Waals surface area (Å²) in [6.45, 7) is 3.79. The van der Waals surface area contributed by atoms with Gasteiger partial charge < -0.3 is 10.6 Å². The first-order valence-corrected chi connectivity index (χ1v) is 23.9. The maximum Gasteiger partial charge on any atom is 0.255 e. The highest BCUT2D eigenvalue weighted by molar-refractivity contribution is 6.05. The van der Waals surface area contributed by atoms with E-state index in [1.54, 1.807) is 12.4 Å². The highest BCUT2D eigenvalue weighted by Gasteiger charge is 2.48. The van der Waals surface area contributed by atoms with Crippen LogP contribution in [-0.2, 0) is 46.1 Å². The Morgan fingerprint density at radius 1 is 0.545 bits per heavy atom. The number of aryl methyl sites for hydroxylation is 4. The second-order valence-corrected chi connectivity index (χ2v) is 19.2. The van der Waals surface area contributed by atoms with Crippen molar-refractivity contribution >= 4 is 34.8 Å². The quantitative estimate of drug-likeness (QED) is 0.157. The van der Waals surface area contributed by atoms with Crippen molar-refractivity contribution in [2.24, 2.45) is 11.8 Å². The third kappa shape index (κ3) is 9.42. The number of hydrogen-bond acceptors (Lipinski definition) is 6. The van der Waals surface area contributed by atoms with Crippen molar-refractivity contribution in [3.8, 4) is 0 Å². The topological polar surface area (TPSA) is 118 Å². The summed E-state index contributed by atoms with van der Waals surface area (Å²) >= 11 is 0. The van der Waals surface area contributed by atoms with Crippen molar-refractivity contribution in [3.63, 3.8) is 0 Å². The number of hydrogen-bond donors (Lipinski definition) is 2. The molecule has 10 rings (SSSR count). The minimum Gasteiger partial charge on any atom is -0.320 e. The Bertz CT molecular complexity index is 2560. The summed E-state index contributed by atoms with van der Waals surface area (Å²) in [5.41, 5.74) is 12.2. The number of anilines is 2. The van der Waals surface area contributed by atoms with E-state index in [4.69, 9.17) is 0 Å². The fourth-order valence-electron chi connectivity index (χ4n) is 11.9. The molecule has 66 heavy (non-hydrogen) atoms. The van der Waals surface area contributed by atoms with Crippen LogP contribution < -0.4 is 10.6 Å². The number of carbonyl (C=O) groups excluding carboxylic acids is 4. The predicted molar refractivity (Wildman–Crippen MR) is 261 cm³/mol. The van der Waals surface area contributed by atoms with E-state index in [9.17, 15) is 19.2 Å². The van der Waals surface area contributed by atoms with Gasteiger partial charge in [-0.1, -0.05) is 72.8 Å². The fraction of sp³-hybridized carbons (Fsp3) is 0.345. The summed E-state index contributed by atoms with van der Waals surface area (Å²) in [4.78, 5) is 59.5. The van der Waals surface area contributed by atoms with Gasteiger partial charge in [-0.05, 0) is 172 Å². The Hall–Kier alpha value is -6.54. The minimum absolute atomic E-state index is 0.0456. The Morgan fingerprint density at radius 2 is 0.970 bits per heavy atom. The van der Waals surface area contributed by atoms with Crippen LogP contribution in [0.5, 0.6) is 0 Å². The van der Waals surface area contributed by atoms with E-state index in [1.807, 2.05) is 50.2 Å². The summed E-state index contributed by atoms with van der Waals surface area (Å²) in [6.07, 6.45) is 15.9. The first-order chi connectivity index (χ1) is 32.1. The Kier molecular flexibility index (Phi) is 13.2. The normalized spacial score (nSPS) is 22.1. The van der Waals surface area contributed by atoms with E-state index >= 15 is 0 Å². The van der Waals surface area contributed by atoms with Gasteiger partial charge in [0.1, 0.15) is 11.6 Å². The molecule has 2 heterocycles. The lowest BCUT2D eigenvalue weighted by molar-refractivity contribution is -0.124. The van der Waals surface area contributed by atoms with Crippen molar-refractivity contribution < 1.29 is 19.2 Å². The lowest BCUT2D eigenvalue weighted by Crippen LogP contribution is -2.42. The molecule has 336 valence electrons. The van der Waals surface area contributed by atoms with Crippen molar-refractivity contribution in [2.75, 3.05) is 10.6 Å². The molecule has 0 aliphatic heterocycles. The average Bonchev–Trinajstić information content (AvgIpc) is 3.58. The summed E-state index contributed by atoms with van der Waals surface area (Å²) in [5, 5.41) is 6.03. The molecular weight excluding hydrogens is 817 g/mol. The van der Waals surface area contributed by atoms with E-state index in [0.29, 0.717) is 60.2 Å². The number of Topliss-reactive ketones (excluding diaryl/α,β-unsaturated/α-hetero) is 2. The molecule has 0 saturated heterocycles. The number of nitrogens with zero attached hydrogens (tertiary/aromatic N) is 2. The van der Waals surface area contributed by atoms with Crippen LogP contribution in [0.2, 0.25) is 0 Å². The lowest BCUT2D eigenvalue weighted by atomic mass is 9.59. The molecule has 2 fully saturated rings. The van der Waals surface area contributed by atoms with Crippen molar-refractivity contribution in [3.05, 3.63) is 190 Å². The molecule has 8 heteroatoms. The van der Waals surface area contributed by atoms with E-state index in [-0.39, 0.29) is 22.6 Å². The molecule has 2 amide bonds. The van der Waals surface area contributed by atoms with E-state index < -0.39 is 0 Å². The summed E-state index contributed by atoms with van der Waals surface area (Å²) in [5.74, 6) is 1.30. The number of benzene rings is 4. The molecule has 0 spiro atoms. The second kappa shape index (κ2) is 19.5. The standard InChI is InChI=1S/2C29H30N2O2/c2*1-20-27(11-6-16-30-20)31-28(33)23-12-13-26-22(17-23)9-5-10-24-18-25(32)14-15-29(24,26)19-21-7-3-2-4-8-21/h2*2-4,6-8,11-13,16-17,24H,5,9-10,14-15,18-19H2,1H3,(H,31,33)/t2*24-,29+/m10/s1. The first-order valence-electron chi connectivity index (χ1n) is 23.9. The molecule has 4 atom stereocenters. The van der Waals surface area contributed by atoms with Crippen LogP contribution in [-0.4, -0.2) is 33.3 Å². The first kappa shape index (κ1) is 44.7. The van der Waals surface area contributed by atoms with Gasteiger partial charge in [0, 0.05) is 60.0 Å². The van der Waals surface area contributed by atoms with Crippen molar-refractivity contribution in [2.45, 2.75) is 115 Å². The lowest BCUT2D eigenvalue weighted by Gasteiger charge is -2.44. The molecule has 0 radical (unpaired) electrons. The average molecular weight is 877 g/mol. The zero-order valence-electron chi connectivity index (χ0n) is 38.3. The smallest absolute Gasteiger partial charge is 0.255 e. The Morgan fingerprint density at radius 3 is 1.38 bits per heavy atom. The number of rotatable bonds is 8. The SMILES string of the molecule is Cc1ncccc1NC(=O)c1ccc2c(c1)CCC[C@@H]1CC(=O)CC[C@@]21Cc1ccccc1.Cc1ncccc1NC(=O)c1ccc2c(c1)CCC[C@H]1CC(=O)CC[C@]21Cc1ccccc1. The van der Waals surface area contributed by atoms with Crippen molar-refractivity contribution in [1.29, 1.82) is 0 Å².